The summed E-state index contributed by atoms with van der Waals surface area (Å²) in [6, 6.07) is 7.77. The van der Waals surface area contributed by atoms with Gasteiger partial charge < -0.3 is 4.90 Å². The fourth-order valence-corrected chi connectivity index (χ4v) is 6.76. The Labute approximate surface area is 124 Å². The van der Waals surface area contributed by atoms with Crippen molar-refractivity contribution in [2.45, 2.75) is 11.3 Å². The highest BCUT2D eigenvalue weighted by atomic mass is 127. The molecule has 3 rings (SSSR count). The minimum absolute atomic E-state index is 0.0142. The highest BCUT2D eigenvalue weighted by molar-refractivity contribution is 14.1. The van der Waals surface area contributed by atoms with Gasteiger partial charge in [0.15, 0.2) is 15.0 Å². The maximum Gasteiger partial charge on any atom is 0.161 e. The number of hydrogen-bond donors (Lipinski definition) is 1. The Kier molecular flexibility index (Phi) is 3.10. The van der Waals surface area contributed by atoms with Gasteiger partial charge in [-0.1, -0.05) is 17.8 Å². The van der Waals surface area contributed by atoms with E-state index in [1.165, 1.54) is 11.8 Å². The number of rotatable bonds is 1. The zero-order valence-electron chi connectivity index (χ0n) is 9.34. The third-order valence-electron chi connectivity index (χ3n) is 3.17. The Balaban J connectivity index is 1.99. The van der Waals surface area contributed by atoms with Gasteiger partial charge in [-0.3, -0.25) is 5.41 Å². The summed E-state index contributed by atoms with van der Waals surface area (Å²) in [7, 11) is -2.94. The highest BCUT2D eigenvalue weighted by Crippen LogP contribution is 2.40. The van der Waals surface area contributed by atoms with E-state index in [9.17, 15) is 8.42 Å². The average Bonchev–Trinajstić information content (AvgIpc) is 2.68. The summed E-state index contributed by atoms with van der Waals surface area (Å²) < 4.78 is 24.5. The van der Waals surface area contributed by atoms with Crippen molar-refractivity contribution >= 4 is 55.0 Å². The SMILES string of the molecule is N=C1S[C@@H]2CS(=O)(=O)C[C@H]2N1c1cccc(I)c1. The standard InChI is InChI=1S/C11H11IN2O2S2/c12-7-2-1-3-8(4-7)14-9-5-18(15,16)6-10(9)17-11(14)13/h1-4,9-10,13H,5-6H2/t9-,10-/m1/s1. The molecule has 0 saturated carbocycles. The molecule has 4 nitrogen and oxygen atoms in total. The Morgan fingerprint density at radius 3 is 2.89 bits per heavy atom. The number of anilines is 1. The second kappa shape index (κ2) is 4.38. The molecule has 0 spiro atoms. The molecule has 1 aromatic rings. The molecule has 0 unspecified atom stereocenters. The molecule has 2 aliphatic rings. The number of thioether (sulfide) groups is 1. The van der Waals surface area contributed by atoms with Crippen LogP contribution in [0, 0.1) is 8.98 Å². The normalized spacial score (nSPS) is 29.6. The summed E-state index contributed by atoms with van der Waals surface area (Å²) in [5.41, 5.74) is 0.920. The van der Waals surface area contributed by atoms with Crippen molar-refractivity contribution in [1.29, 1.82) is 5.41 Å². The Morgan fingerprint density at radius 1 is 1.39 bits per heavy atom. The van der Waals surface area contributed by atoms with Gasteiger partial charge in [0.25, 0.3) is 0 Å². The molecule has 7 heteroatoms. The molecule has 0 aromatic heterocycles. The molecule has 2 aliphatic heterocycles. The second-order valence-corrected chi connectivity index (χ2v) is 9.08. The first-order chi connectivity index (χ1) is 8.46. The lowest BCUT2D eigenvalue weighted by atomic mass is 10.2. The van der Waals surface area contributed by atoms with Crippen molar-refractivity contribution in [3.63, 3.8) is 0 Å². The van der Waals surface area contributed by atoms with Gasteiger partial charge in [-0.25, -0.2) is 8.42 Å². The fourth-order valence-electron chi connectivity index (χ4n) is 2.44. The van der Waals surface area contributed by atoms with Gasteiger partial charge in [-0.15, -0.1) is 0 Å². The molecule has 1 N–H and O–H groups in total. The van der Waals surface area contributed by atoms with Crippen LogP contribution in [-0.2, 0) is 9.84 Å². The topological polar surface area (TPSA) is 61.2 Å². The van der Waals surface area contributed by atoms with Crippen LogP contribution in [0.25, 0.3) is 0 Å². The van der Waals surface area contributed by atoms with Crippen LogP contribution in [0.4, 0.5) is 5.69 Å². The number of nitrogens with zero attached hydrogens (tertiary/aromatic N) is 1. The number of nitrogens with one attached hydrogen (secondary N) is 1. The van der Waals surface area contributed by atoms with E-state index in [1.807, 2.05) is 29.2 Å². The summed E-state index contributed by atoms with van der Waals surface area (Å²) in [6.07, 6.45) is 0. The highest BCUT2D eigenvalue weighted by Gasteiger charge is 2.48. The predicted octanol–water partition coefficient (Wildman–Crippen LogP) is 1.94. The lowest BCUT2D eigenvalue weighted by Crippen LogP contribution is -2.37. The molecule has 0 amide bonds. The first kappa shape index (κ1) is 12.7. The zero-order chi connectivity index (χ0) is 12.9. The van der Waals surface area contributed by atoms with E-state index in [0.717, 1.165) is 9.26 Å². The third-order valence-corrected chi connectivity index (χ3v) is 6.97. The van der Waals surface area contributed by atoms with E-state index >= 15 is 0 Å². The molecule has 0 aliphatic carbocycles. The molecule has 96 valence electrons. The maximum absolute atomic E-state index is 11.7. The van der Waals surface area contributed by atoms with Gasteiger partial charge in [0.1, 0.15) is 0 Å². The average molecular weight is 394 g/mol. The molecule has 0 bridgehead atoms. The van der Waals surface area contributed by atoms with Crippen LogP contribution in [-0.4, -0.2) is 36.4 Å². The van der Waals surface area contributed by atoms with Crippen LogP contribution < -0.4 is 4.90 Å². The van der Waals surface area contributed by atoms with E-state index < -0.39 is 9.84 Å². The molecular formula is C11H11IN2O2S2. The minimum Gasteiger partial charge on any atom is -0.316 e. The predicted molar refractivity (Wildman–Crippen MR) is 83.2 cm³/mol. The van der Waals surface area contributed by atoms with Gasteiger partial charge in [-0.2, -0.15) is 0 Å². The fraction of sp³-hybridized carbons (Fsp3) is 0.364. The summed E-state index contributed by atoms with van der Waals surface area (Å²) in [6.45, 7) is 0. The largest absolute Gasteiger partial charge is 0.316 e. The Bertz CT molecular complexity index is 617. The summed E-state index contributed by atoms with van der Waals surface area (Å²) in [4.78, 5) is 1.86. The van der Waals surface area contributed by atoms with Crippen molar-refractivity contribution < 1.29 is 8.42 Å². The Morgan fingerprint density at radius 2 is 2.17 bits per heavy atom. The summed E-state index contributed by atoms with van der Waals surface area (Å²) in [5.74, 6) is 0.365. The van der Waals surface area contributed by atoms with E-state index in [2.05, 4.69) is 22.6 Å². The number of amidine groups is 1. The molecule has 2 heterocycles. The molecule has 1 aromatic carbocycles. The van der Waals surface area contributed by atoms with E-state index in [-0.39, 0.29) is 22.8 Å². The van der Waals surface area contributed by atoms with Crippen LogP contribution in [0.1, 0.15) is 0 Å². The van der Waals surface area contributed by atoms with Crippen LogP contribution >= 0.6 is 34.4 Å². The number of benzene rings is 1. The number of halogens is 1. The molecule has 2 saturated heterocycles. The summed E-state index contributed by atoms with van der Waals surface area (Å²) in [5, 5.41) is 8.51. The van der Waals surface area contributed by atoms with Crippen molar-refractivity contribution in [2.24, 2.45) is 0 Å². The molecule has 2 atom stereocenters. The molecule has 18 heavy (non-hydrogen) atoms. The lowest BCUT2D eigenvalue weighted by molar-refractivity contribution is 0.601. The van der Waals surface area contributed by atoms with Crippen LogP contribution in [0.5, 0.6) is 0 Å². The van der Waals surface area contributed by atoms with Gasteiger partial charge >= 0.3 is 0 Å². The molecule has 2 fully saturated rings. The van der Waals surface area contributed by atoms with Gasteiger partial charge in [0, 0.05) is 14.5 Å². The van der Waals surface area contributed by atoms with Gasteiger partial charge in [0.05, 0.1) is 17.5 Å². The van der Waals surface area contributed by atoms with Crippen LogP contribution in [0.15, 0.2) is 24.3 Å². The molecule has 0 radical (unpaired) electrons. The molecular weight excluding hydrogens is 383 g/mol. The quantitative estimate of drug-likeness (QED) is 0.740. The van der Waals surface area contributed by atoms with E-state index in [0.29, 0.717) is 5.17 Å². The summed E-state index contributed by atoms with van der Waals surface area (Å²) >= 11 is 3.60. The van der Waals surface area contributed by atoms with Crippen molar-refractivity contribution in [1.82, 2.24) is 0 Å². The van der Waals surface area contributed by atoms with Crippen molar-refractivity contribution in [3.05, 3.63) is 27.8 Å². The number of sulfone groups is 1. The van der Waals surface area contributed by atoms with Crippen LogP contribution in [0.3, 0.4) is 0 Å². The van der Waals surface area contributed by atoms with Crippen LogP contribution in [0.2, 0.25) is 0 Å². The first-order valence-corrected chi connectivity index (χ1v) is 9.25. The second-order valence-electron chi connectivity index (χ2n) is 4.46. The number of fused-ring (bicyclic) bond motifs is 1. The Hall–Kier alpha value is -0.280. The monoisotopic (exact) mass is 394 g/mol. The van der Waals surface area contributed by atoms with Crippen molar-refractivity contribution in [3.8, 4) is 0 Å². The zero-order valence-corrected chi connectivity index (χ0v) is 13.1. The number of hydrogen-bond acceptors (Lipinski definition) is 4. The van der Waals surface area contributed by atoms with E-state index in [4.69, 9.17) is 5.41 Å². The first-order valence-electron chi connectivity index (χ1n) is 5.47. The smallest absolute Gasteiger partial charge is 0.161 e. The van der Waals surface area contributed by atoms with Crippen molar-refractivity contribution in [2.75, 3.05) is 16.4 Å². The maximum atomic E-state index is 11.7. The third kappa shape index (κ3) is 2.16. The van der Waals surface area contributed by atoms with Gasteiger partial charge in [0.2, 0.25) is 0 Å². The minimum atomic E-state index is -2.94. The van der Waals surface area contributed by atoms with E-state index in [1.54, 1.807) is 0 Å². The lowest BCUT2D eigenvalue weighted by Gasteiger charge is -2.23. The van der Waals surface area contributed by atoms with Gasteiger partial charge in [-0.05, 0) is 40.8 Å².